The van der Waals surface area contributed by atoms with Crippen molar-refractivity contribution < 1.29 is 14.2 Å². The molecule has 1 heterocycles. The van der Waals surface area contributed by atoms with Gasteiger partial charge in [-0.25, -0.2) is 4.39 Å². The Hall–Kier alpha value is -3.07. The van der Waals surface area contributed by atoms with E-state index in [1.807, 2.05) is 11.0 Å². The van der Waals surface area contributed by atoms with Crippen molar-refractivity contribution in [3.05, 3.63) is 74.1 Å². The maximum absolute atomic E-state index is 13.3. The van der Waals surface area contributed by atoms with Crippen LogP contribution in [0.15, 0.2) is 42.5 Å². The molecular formula is C17H17FN4O4. The predicted molar refractivity (Wildman–Crippen MR) is 93.6 cm³/mol. The van der Waals surface area contributed by atoms with Crippen molar-refractivity contribution in [1.82, 2.24) is 4.90 Å². The molecule has 0 radical (unpaired) electrons. The van der Waals surface area contributed by atoms with Crippen LogP contribution < -0.4 is 4.90 Å². The SMILES string of the molecule is O=[N+]([O-])c1cccc(CN2CCN(c3ccc(F)cc3[N+](=O)[O-])CC2)c1. The lowest BCUT2D eigenvalue weighted by Gasteiger charge is -2.35. The number of anilines is 1. The van der Waals surface area contributed by atoms with Gasteiger partial charge in [-0.2, -0.15) is 0 Å². The van der Waals surface area contributed by atoms with Crippen molar-refractivity contribution in [2.75, 3.05) is 31.1 Å². The molecular weight excluding hydrogens is 343 g/mol. The minimum atomic E-state index is -0.634. The first-order valence-electron chi connectivity index (χ1n) is 8.08. The van der Waals surface area contributed by atoms with Crippen LogP contribution in [0.3, 0.4) is 0 Å². The number of nitro benzene ring substituents is 2. The van der Waals surface area contributed by atoms with E-state index in [9.17, 15) is 24.6 Å². The molecule has 0 aromatic heterocycles. The molecule has 8 nitrogen and oxygen atoms in total. The standard InChI is InChI=1S/C17H17FN4O4/c18-14-4-5-16(17(11-14)22(25)26)20-8-6-19(7-9-20)12-13-2-1-3-15(10-13)21(23)24/h1-5,10-11H,6-9,12H2. The van der Waals surface area contributed by atoms with E-state index in [0.717, 1.165) is 11.6 Å². The average Bonchev–Trinajstić information content (AvgIpc) is 2.62. The van der Waals surface area contributed by atoms with Gasteiger partial charge in [0.2, 0.25) is 0 Å². The maximum Gasteiger partial charge on any atom is 0.295 e. The summed E-state index contributed by atoms with van der Waals surface area (Å²) in [6.07, 6.45) is 0. The second-order valence-electron chi connectivity index (χ2n) is 6.08. The summed E-state index contributed by atoms with van der Waals surface area (Å²) < 4.78 is 13.3. The fourth-order valence-electron chi connectivity index (χ4n) is 3.08. The molecule has 26 heavy (non-hydrogen) atoms. The van der Waals surface area contributed by atoms with E-state index in [1.54, 1.807) is 12.1 Å². The van der Waals surface area contributed by atoms with E-state index in [2.05, 4.69) is 4.90 Å². The van der Waals surface area contributed by atoms with Crippen LogP contribution in [0.1, 0.15) is 5.56 Å². The molecule has 1 aliphatic heterocycles. The van der Waals surface area contributed by atoms with Gasteiger partial charge in [0.1, 0.15) is 11.5 Å². The van der Waals surface area contributed by atoms with Gasteiger partial charge in [-0.15, -0.1) is 0 Å². The van der Waals surface area contributed by atoms with Gasteiger partial charge < -0.3 is 4.90 Å². The molecule has 1 saturated heterocycles. The Morgan fingerprint density at radius 3 is 2.35 bits per heavy atom. The average molecular weight is 360 g/mol. The maximum atomic E-state index is 13.3. The third-order valence-electron chi connectivity index (χ3n) is 4.37. The number of benzene rings is 2. The van der Waals surface area contributed by atoms with Gasteiger partial charge in [0.05, 0.1) is 15.9 Å². The third-order valence-corrected chi connectivity index (χ3v) is 4.37. The molecule has 136 valence electrons. The summed E-state index contributed by atoms with van der Waals surface area (Å²) in [5.41, 5.74) is 1.08. The van der Waals surface area contributed by atoms with Crippen LogP contribution in [0.25, 0.3) is 0 Å². The Labute approximate surface area is 148 Å². The minimum Gasteiger partial charge on any atom is -0.363 e. The number of nitrogens with zero attached hydrogens (tertiary/aromatic N) is 4. The van der Waals surface area contributed by atoms with Crippen LogP contribution in [0.2, 0.25) is 0 Å². The fourth-order valence-corrected chi connectivity index (χ4v) is 3.08. The number of nitro groups is 2. The number of hydrogen-bond acceptors (Lipinski definition) is 6. The van der Waals surface area contributed by atoms with Gasteiger partial charge in [0.15, 0.2) is 0 Å². The quantitative estimate of drug-likeness (QED) is 0.601. The molecule has 1 aliphatic rings. The Kier molecular flexibility index (Phi) is 5.08. The van der Waals surface area contributed by atoms with E-state index < -0.39 is 15.7 Å². The lowest BCUT2D eigenvalue weighted by atomic mass is 10.1. The highest BCUT2D eigenvalue weighted by molar-refractivity contribution is 5.63. The third kappa shape index (κ3) is 3.94. The lowest BCUT2D eigenvalue weighted by molar-refractivity contribution is -0.385. The molecule has 0 atom stereocenters. The molecule has 9 heteroatoms. The normalized spacial score (nSPS) is 15.0. The van der Waals surface area contributed by atoms with Crippen molar-refractivity contribution in [1.29, 1.82) is 0 Å². The summed E-state index contributed by atoms with van der Waals surface area (Å²) in [5.74, 6) is -0.634. The minimum absolute atomic E-state index is 0.0584. The number of hydrogen-bond donors (Lipinski definition) is 0. The topological polar surface area (TPSA) is 92.8 Å². The molecule has 0 saturated carbocycles. The van der Waals surface area contributed by atoms with Crippen LogP contribution in [-0.2, 0) is 6.54 Å². The van der Waals surface area contributed by atoms with Gasteiger partial charge in [-0.1, -0.05) is 12.1 Å². The van der Waals surface area contributed by atoms with Gasteiger partial charge in [-0.05, 0) is 17.7 Å². The summed E-state index contributed by atoms with van der Waals surface area (Å²) in [7, 11) is 0. The summed E-state index contributed by atoms with van der Waals surface area (Å²) >= 11 is 0. The number of non-ortho nitro benzene ring substituents is 1. The number of halogens is 1. The van der Waals surface area contributed by atoms with Crippen molar-refractivity contribution >= 4 is 17.1 Å². The number of piperazine rings is 1. The molecule has 3 rings (SSSR count). The second kappa shape index (κ2) is 7.44. The van der Waals surface area contributed by atoms with E-state index in [-0.39, 0.29) is 11.4 Å². The summed E-state index contributed by atoms with van der Waals surface area (Å²) in [6.45, 7) is 2.98. The summed E-state index contributed by atoms with van der Waals surface area (Å²) in [6, 6.07) is 10.1. The second-order valence-corrected chi connectivity index (χ2v) is 6.08. The van der Waals surface area contributed by atoms with Gasteiger partial charge in [0.25, 0.3) is 11.4 Å². The largest absolute Gasteiger partial charge is 0.363 e. The molecule has 2 aromatic carbocycles. The zero-order valence-electron chi connectivity index (χ0n) is 13.9. The number of rotatable bonds is 5. The zero-order chi connectivity index (χ0) is 18.7. The van der Waals surface area contributed by atoms with Gasteiger partial charge in [-0.3, -0.25) is 25.1 Å². The Morgan fingerprint density at radius 2 is 1.69 bits per heavy atom. The van der Waals surface area contributed by atoms with Gasteiger partial charge >= 0.3 is 0 Å². The van der Waals surface area contributed by atoms with E-state index in [0.29, 0.717) is 38.4 Å². The van der Waals surface area contributed by atoms with Crippen LogP contribution in [0, 0.1) is 26.0 Å². The molecule has 2 aromatic rings. The van der Waals surface area contributed by atoms with Crippen LogP contribution >= 0.6 is 0 Å². The van der Waals surface area contributed by atoms with Crippen molar-refractivity contribution in [2.24, 2.45) is 0 Å². The first kappa shape index (κ1) is 17.7. The smallest absolute Gasteiger partial charge is 0.295 e. The molecule has 0 N–H and O–H groups in total. The van der Waals surface area contributed by atoms with E-state index in [4.69, 9.17) is 0 Å². The summed E-state index contributed by atoms with van der Waals surface area (Å²) in [5, 5.41) is 22.0. The van der Waals surface area contributed by atoms with Crippen molar-refractivity contribution in [3.8, 4) is 0 Å². The monoisotopic (exact) mass is 360 g/mol. The molecule has 0 unspecified atom stereocenters. The molecule has 0 amide bonds. The van der Waals surface area contributed by atoms with Crippen molar-refractivity contribution in [2.45, 2.75) is 6.54 Å². The first-order chi connectivity index (χ1) is 12.4. The fraction of sp³-hybridized carbons (Fsp3) is 0.294. The Morgan fingerprint density at radius 1 is 0.962 bits per heavy atom. The molecule has 1 fully saturated rings. The zero-order valence-corrected chi connectivity index (χ0v) is 13.9. The van der Waals surface area contributed by atoms with Crippen LogP contribution in [0.4, 0.5) is 21.5 Å². The van der Waals surface area contributed by atoms with Crippen molar-refractivity contribution in [3.63, 3.8) is 0 Å². The van der Waals surface area contributed by atoms with E-state index in [1.165, 1.54) is 18.2 Å². The highest BCUT2D eigenvalue weighted by atomic mass is 19.1. The van der Waals surface area contributed by atoms with Gasteiger partial charge in [0, 0.05) is 44.9 Å². The van der Waals surface area contributed by atoms with Crippen LogP contribution in [-0.4, -0.2) is 40.9 Å². The summed E-state index contributed by atoms with van der Waals surface area (Å²) in [4.78, 5) is 25.0. The predicted octanol–water partition coefficient (Wildman–Crippen LogP) is 2.96. The Balaban J connectivity index is 1.66. The molecule has 0 spiro atoms. The van der Waals surface area contributed by atoms with Crippen LogP contribution in [0.5, 0.6) is 0 Å². The highest BCUT2D eigenvalue weighted by Gasteiger charge is 2.24. The molecule has 0 aliphatic carbocycles. The lowest BCUT2D eigenvalue weighted by Crippen LogP contribution is -2.46. The highest BCUT2D eigenvalue weighted by Crippen LogP contribution is 2.29. The molecule has 0 bridgehead atoms. The van der Waals surface area contributed by atoms with E-state index >= 15 is 0 Å². The first-order valence-corrected chi connectivity index (χ1v) is 8.08. The Bertz CT molecular complexity index is 837.